The first kappa shape index (κ1) is 11.2. The highest BCUT2D eigenvalue weighted by molar-refractivity contribution is 5.05. The van der Waals surface area contributed by atoms with Crippen LogP contribution >= 0.6 is 0 Å². The van der Waals surface area contributed by atoms with Gasteiger partial charge in [-0.3, -0.25) is 4.68 Å². The minimum atomic E-state index is 0.583. The van der Waals surface area contributed by atoms with Crippen molar-refractivity contribution in [2.45, 2.75) is 33.7 Å². The van der Waals surface area contributed by atoms with Crippen molar-refractivity contribution in [3.8, 4) is 0 Å². The Labute approximate surface area is 86.3 Å². The maximum Gasteiger partial charge on any atom is 0.0521 e. The first-order valence-electron chi connectivity index (χ1n) is 5.38. The fourth-order valence-electron chi connectivity index (χ4n) is 1.49. The zero-order valence-corrected chi connectivity index (χ0v) is 9.40. The molecule has 1 aromatic heterocycles. The Morgan fingerprint density at radius 3 is 2.64 bits per heavy atom. The number of aryl methyl sites for hydroxylation is 1. The molecule has 0 saturated heterocycles. The summed E-state index contributed by atoms with van der Waals surface area (Å²) in [4.78, 5) is 0. The first-order valence-corrected chi connectivity index (χ1v) is 5.38. The van der Waals surface area contributed by atoms with Crippen LogP contribution in [0.1, 0.15) is 26.3 Å². The van der Waals surface area contributed by atoms with Gasteiger partial charge in [-0.05, 0) is 37.3 Å². The van der Waals surface area contributed by atoms with Crippen LogP contribution in [0.5, 0.6) is 0 Å². The SMILES string of the molecule is CCn1cc(CC(C)C(C)CN)cn1. The molecule has 2 atom stereocenters. The molecule has 2 unspecified atom stereocenters. The second-order valence-electron chi connectivity index (χ2n) is 4.10. The lowest BCUT2D eigenvalue weighted by atomic mass is 9.91. The molecule has 1 rings (SSSR count). The summed E-state index contributed by atoms with van der Waals surface area (Å²) in [7, 11) is 0. The molecule has 1 aromatic rings. The molecule has 0 radical (unpaired) electrons. The van der Waals surface area contributed by atoms with Gasteiger partial charge < -0.3 is 5.73 Å². The van der Waals surface area contributed by atoms with Gasteiger partial charge >= 0.3 is 0 Å². The molecule has 80 valence electrons. The van der Waals surface area contributed by atoms with E-state index in [1.54, 1.807) is 0 Å². The number of nitrogens with zero attached hydrogens (tertiary/aromatic N) is 2. The van der Waals surface area contributed by atoms with Crippen molar-refractivity contribution in [3.05, 3.63) is 18.0 Å². The zero-order valence-electron chi connectivity index (χ0n) is 9.40. The van der Waals surface area contributed by atoms with Gasteiger partial charge in [-0.15, -0.1) is 0 Å². The van der Waals surface area contributed by atoms with Gasteiger partial charge in [0, 0.05) is 12.7 Å². The fourth-order valence-corrected chi connectivity index (χ4v) is 1.49. The molecular formula is C11H21N3. The van der Waals surface area contributed by atoms with Crippen LogP contribution in [0.25, 0.3) is 0 Å². The van der Waals surface area contributed by atoms with Crippen LogP contribution < -0.4 is 5.73 Å². The summed E-state index contributed by atoms with van der Waals surface area (Å²) < 4.78 is 1.97. The van der Waals surface area contributed by atoms with E-state index in [9.17, 15) is 0 Å². The van der Waals surface area contributed by atoms with E-state index < -0.39 is 0 Å². The Morgan fingerprint density at radius 2 is 2.14 bits per heavy atom. The minimum Gasteiger partial charge on any atom is -0.330 e. The van der Waals surface area contributed by atoms with E-state index in [2.05, 4.69) is 32.1 Å². The van der Waals surface area contributed by atoms with Crippen molar-refractivity contribution in [3.63, 3.8) is 0 Å². The predicted octanol–water partition coefficient (Wildman–Crippen LogP) is 1.68. The molecule has 3 nitrogen and oxygen atoms in total. The molecule has 0 saturated carbocycles. The van der Waals surface area contributed by atoms with Gasteiger partial charge in [0.25, 0.3) is 0 Å². The molecule has 0 bridgehead atoms. The molecule has 0 fully saturated rings. The van der Waals surface area contributed by atoms with E-state index in [1.165, 1.54) is 5.56 Å². The van der Waals surface area contributed by atoms with Gasteiger partial charge in [0.2, 0.25) is 0 Å². The summed E-state index contributed by atoms with van der Waals surface area (Å²) in [6.07, 6.45) is 5.17. The van der Waals surface area contributed by atoms with E-state index in [1.807, 2.05) is 10.9 Å². The van der Waals surface area contributed by atoms with Crippen LogP contribution in [0.3, 0.4) is 0 Å². The van der Waals surface area contributed by atoms with Crippen molar-refractivity contribution in [2.75, 3.05) is 6.54 Å². The number of nitrogens with two attached hydrogens (primary N) is 1. The number of aromatic nitrogens is 2. The average molecular weight is 195 g/mol. The van der Waals surface area contributed by atoms with Crippen molar-refractivity contribution >= 4 is 0 Å². The topological polar surface area (TPSA) is 43.8 Å². The van der Waals surface area contributed by atoms with Gasteiger partial charge in [-0.2, -0.15) is 5.10 Å². The monoisotopic (exact) mass is 195 g/mol. The standard InChI is InChI=1S/C11H21N3/c1-4-14-8-11(7-13-14)5-9(2)10(3)6-12/h7-10H,4-6,12H2,1-3H3. The van der Waals surface area contributed by atoms with Gasteiger partial charge in [0.15, 0.2) is 0 Å². The number of rotatable bonds is 5. The Morgan fingerprint density at radius 1 is 1.43 bits per heavy atom. The second-order valence-corrected chi connectivity index (χ2v) is 4.10. The quantitative estimate of drug-likeness (QED) is 0.776. The van der Waals surface area contributed by atoms with E-state index in [-0.39, 0.29) is 0 Å². The summed E-state index contributed by atoms with van der Waals surface area (Å²) in [5.41, 5.74) is 6.96. The normalized spacial score (nSPS) is 15.4. The second kappa shape index (κ2) is 5.15. The summed E-state index contributed by atoms with van der Waals surface area (Å²) in [6, 6.07) is 0. The van der Waals surface area contributed by atoms with Gasteiger partial charge in [-0.25, -0.2) is 0 Å². The van der Waals surface area contributed by atoms with E-state index in [4.69, 9.17) is 5.73 Å². The molecule has 0 aliphatic heterocycles. The Bertz CT molecular complexity index is 267. The molecule has 1 heterocycles. The lowest BCUT2D eigenvalue weighted by Gasteiger charge is -2.16. The van der Waals surface area contributed by atoms with Gasteiger partial charge in [0.1, 0.15) is 0 Å². The molecule has 0 amide bonds. The molecule has 14 heavy (non-hydrogen) atoms. The number of hydrogen-bond donors (Lipinski definition) is 1. The summed E-state index contributed by atoms with van der Waals surface area (Å²) in [5.74, 6) is 1.22. The van der Waals surface area contributed by atoms with Crippen molar-refractivity contribution < 1.29 is 0 Å². The summed E-state index contributed by atoms with van der Waals surface area (Å²) in [6.45, 7) is 8.27. The molecule has 3 heteroatoms. The highest BCUT2D eigenvalue weighted by Gasteiger charge is 2.11. The maximum atomic E-state index is 5.64. The van der Waals surface area contributed by atoms with Crippen LogP contribution in [0, 0.1) is 11.8 Å². The largest absolute Gasteiger partial charge is 0.330 e. The maximum absolute atomic E-state index is 5.64. The van der Waals surface area contributed by atoms with E-state index in [0.29, 0.717) is 11.8 Å². The van der Waals surface area contributed by atoms with Gasteiger partial charge in [0.05, 0.1) is 6.20 Å². The molecule has 0 aliphatic rings. The summed E-state index contributed by atoms with van der Waals surface area (Å²) in [5, 5.41) is 4.26. The average Bonchev–Trinajstić information content (AvgIpc) is 2.64. The third-order valence-corrected chi connectivity index (χ3v) is 2.91. The van der Waals surface area contributed by atoms with E-state index >= 15 is 0 Å². The van der Waals surface area contributed by atoms with Crippen molar-refractivity contribution in [1.82, 2.24) is 9.78 Å². The molecular weight excluding hydrogens is 174 g/mol. The van der Waals surface area contributed by atoms with E-state index in [0.717, 1.165) is 19.5 Å². The van der Waals surface area contributed by atoms with Crippen LogP contribution in [0.2, 0.25) is 0 Å². The third kappa shape index (κ3) is 2.84. The zero-order chi connectivity index (χ0) is 10.6. The minimum absolute atomic E-state index is 0.583. The summed E-state index contributed by atoms with van der Waals surface area (Å²) >= 11 is 0. The van der Waals surface area contributed by atoms with Crippen LogP contribution in [0.15, 0.2) is 12.4 Å². The molecule has 0 aromatic carbocycles. The van der Waals surface area contributed by atoms with Crippen LogP contribution in [-0.2, 0) is 13.0 Å². The van der Waals surface area contributed by atoms with Gasteiger partial charge in [-0.1, -0.05) is 13.8 Å². The first-order chi connectivity index (χ1) is 6.67. The molecule has 0 spiro atoms. The number of hydrogen-bond acceptors (Lipinski definition) is 2. The molecule has 0 aliphatic carbocycles. The van der Waals surface area contributed by atoms with Crippen LogP contribution in [-0.4, -0.2) is 16.3 Å². The van der Waals surface area contributed by atoms with Crippen LogP contribution in [0.4, 0.5) is 0 Å². The lowest BCUT2D eigenvalue weighted by molar-refractivity contribution is 0.394. The van der Waals surface area contributed by atoms with Crippen molar-refractivity contribution in [2.24, 2.45) is 17.6 Å². The Hall–Kier alpha value is -0.830. The highest BCUT2D eigenvalue weighted by atomic mass is 15.3. The molecule has 2 N–H and O–H groups in total. The van der Waals surface area contributed by atoms with Crippen molar-refractivity contribution in [1.29, 1.82) is 0 Å². The fraction of sp³-hybridized carbons (Fsp3) is 0.727. The lowest BCUT2D eigenvalue weighted by Crippen LogP contribution is -2.19. The predicted molar refractivity (Wildman–Crippen MR) is 59.0 cm³/mol. The third-order valence-electron chi connectivity index (χ3n) is 2.91. The Balaban J connectivity index is 2.51. The smallest absolute Gasteiger partial charge is 0.0521 e. The Kier molecular flexibility index (Phi) is 4.14. The highest BCUT2D eigenvalue weighted by Crippen LogP contribution is 2.15.